The van der Waals surface area contributed by atoms with Crippen molar-refractivity contribution in [2.24, 2.45) is 5.92 Å². The van der Waals surface area contributed by atoms with Gasteiger partial charge in [-0.05, 0) is 12.1 Å². The van der Waals surface area contributed by atoms with E-state index in [-0.39, 0.29) is 41.8 Å². The molecule has 1 saturated heterocycles. The number of carboxylic acid groups (broad SMARTS) is 1. The zero-order chi connectivity index (χ0) is 13.3. The summed E-state index contributed by atoms with van der Waals surface area (Å²) in [6.45, 7) is 0.229. The number of carbonyl (C=O) groups is 2. The van der Waals surface area contributed by atoms with Crippen LogP contribution in [0, 0.1) is 18.3 Å². The maximum Gasteiger partial charge on any atom is 0.337 e. The molecule has 1 aromatic carbocycles. The molecular formula is C13H11NO4. The Morgan fingerprint density at radius 2 is 2.22 bits per heavy atom. The number of hydrogen-bond donors (Lipinski definition) is 2. The van der Waals surface area contributed by atoms with Gasteiger partial charge in [0.05, 0.1) is 5.56 Å². The monoisotopic (exact) mass is 245 g/mol. The minimum absolute atomic E-state index is 0.0211. The normalized spacial score (nSPS) is 18.7. The molecule has 92 valence electrons. The lowest BCUT2D eigenvalue weighted by atomic mass is 10.1. The highest BCUT2D eigenvalue weighted by Crippen LogP contribution is 2.35. The molecule has 0 bridgehead atoms. The van der Waals surface area contributed by atoms with Crippen molar-refractivity contribution in [3.05, 3.63) is 23.8 Å². The van der Waals surface area contributed by atoms with Crippen molar-refractivity contribution >= 4 is 17.6 Å². The molecule has 5 nitrogen and oxygen atoms in total. The molecule has 1 unspecified atom stereocenters. The maximum absolute atomic E-state index is 11.8. The first kappa shape index (κ1) is 12.0. The summed E-state index contributed by atoms with van der Waals surface area (Å²) in [7, 11) is 0. The van der Waals surface area contributed by atoms with Gasteiger partial charge in [-0.25, -0.2) is 4.79 Å². The standard InChI is InChI=1S/C13H11NO4/c1-2-8-6-11(16)14(7-8)12-9(13(17)18)4-3-5-10(12)15/h1,3-5,8,15H,6-7H2,(H,17,18). The number of hydrogen-bond acceptors (Lipinski definition) is 3. The highest BCUT2D eigenvalue weighted by Gasteiger charge is 2.33. The second-order valence-electron chi connectivity index (χ2n) is 4.05. The molecule has 1 heterocycles. The van der Waals surface area contributed by atoms with E-state index in [2.05, 4.69) is 5.92 Å². The Bertz CT molecular complexity index is 559. The van der Waals surface area contributed by atoms with Crippen LogP contribution in [0.1, 0.15) is 16.8 Å². The van der Waals surface area contributed by atoms with Gasteiger partial charge in [0.15, 0.2) is 0 Å². The third-order valence-corrected chi connectivity index (χ3v) is 2.88. The molecule has 2 rings (SSSR count). The zero-order valence-corrected chi connectivity index (χ0v) is 9.46. The van der Waals surface area contributed by atoms with Crippen molar-refractivity contribution in [1.29, 1.82) is 0 Å². The van der Waals surface area contributed by atoms with Crippen molar-refractivity contribution in [1.82, 2.24) is 0 Å². The van der Waals surface area contributed by atoms with E-state index in [9.17, 15) is 14.7 Å². The van der Waals surface area contributed by atoms with Crippen molar-refractivity contribution < 1.29 is 19.8 Å². The third-order valence-electron chi connectivity index (χ3n) is 2.88. The second kappa shape index (κ2) is 4.41. The third kappa shape index (κ3) is 1.89. The number of terminal acetylenes is 1. The van der Waals surface area contributed by atoms with Crippen molar-refractivity contribution in [3.63, 3.8) is 0 Å². The smallest absolute Gasteiger partial charge is 0.337 e. The van der Waals surface area contributed by atoms with Crippen molar-refractivity contribution in [2.75, 3.05) is 11.4 Å². The minimum atomic E-state index is -1.20. The fourth-order valence-electron chi connectivity index (χ4n) is 2.02. The molecule has 5 heteroatoms. The summed E-state index contributed by atoms with van der Waals surface area (Å²) in [5.41, 5.74) is -0.0891. The molecule has 1 aliphatic rings. The summed E-state index contributed by atoms with van der Waals surface area (Å²) in [4.78, 5) is 24.1. The second-order valence-corrected chi connectivity index (χ2v) is 4.05. The van der Waals surface area contributed by atoms with Crippen LogP contribution in [0.25, 0.3) is 0 Å². The number of para-hydroxylation sites is 1. The van der Waals surface area contributed by atoms with Gasteiger partial charge in [0.1, 0.15) is 11.4 Å². The number of carbonyl (C=O) groups excluding carboxylic acids is 1. The molecule has 1 atom stereocenters. The minimum Gasteiger partial charge on any atom is -0.506 e. The Balaban J connectivity index is 2.49. The van der Waals surface area contributed by atoms with E-state index < -0.39 is 5.97 Å². The number of phenolic OH excluding ortho intramolecular Hbond substituents is 1. The van der Waals surface area contributed by atoms with Crippen LogP contribution in [0.4, 0.5) is 5.69 Å². The van der Waals surface area contributed by atoms with Crippen LogP contribution in [-0.4, -0.2) is 28.6 Å². The lowest BCUT2D eigenvalue weighted by molar-refractivity contribution is -0.117. The molecule has 0 saturated carbocycles. The van der Waals surface area contributed by atoms with E-state index in [4.69, 9.17) is 11.5 Å². The summed E-state index contributed by atoms with van der Waals surface area (Å²) in [5.74, 6) is 0.512. The first-order chi connectivity index (χ1) is 8.54. The van der Waals surface area contributed by atoms with Gasteiger partial charge in [0.2, 0.25) is 5.91 Å². The van der Waals surface area contributed by atoms with Crippen molar-refractivity contribution in [2.45, 2.75) is 6.42 Å². The predicted octanol–water partition coefficient (Wildman–Crippen LogP) is 1.08. The Morgan fingerprint density at radius 3 is 2.78 bits per heavy atom. The predicted molar refractivity (Wildman–Crippen MR) is 64.4 cm³/mol. The Labute approximate surface area is 104 Å². The number of aromatic carboxylic acids is 1. The van der Waals surface area contributed by atoms with Crippen LogP contribution in [-0.2, 0) is 4.79 Å². The SMILES string of the molecule is C#CC1CC(=O)N(c2c(O)cccc2C(=O)O)C1. The number of nitrogens with zero attached hydrogens (tertiary/aromatic N) is 1. The molecule has 0 aromatic heterocycles. The number of benzene rings is 1. The number of aromatic hydroxyl groups is 1. The molecule has 2 N–H and O–H groups in total. The molecule has 0 radical (unpaired) electrons. The zero-order valence-electron chi connectivity index (χ0n) is 9.46. The summed E-state index contributed by atoms with van der Waals surface area (Å²) in [5, 5.41) is 18.8. The van der Waals surface area contributed by atoms with E-state index in [0.717, 1.165) is 0 Å². The molecule has 18 heavy (non-hydrogen) atoms. The highest BCUT2D eigenvalue weighted by atomic mass is 16.4. The molecule has 1 amide bonds. The quantitative estimate of drug-likeness (QED) is 0.764. The first-order valence-corrected chi connectivity index (χ1v) is 5.36. The van der Waals surface area contributed by atoms with Crippen LogP contribution in [0.15, 0.2) is 18.2 Å². The summed E-state index contributed by atoms with van der Waals surface area (Å²) in [6.07, 6.45) is 5.44. The lowest BCUT2D eigenvalue weighted by Gasteiger charge is -2.19. The fraction of sp³-hybridized carbons (Fsp3) is 0.231. The van der Waals surface area contributed by atoms with E-state index >= 15 is 0 Å². The van der Waals surface area contributed by atoms with Gasteiger partial charge in [-0.1, -0.05) is 6.07 Å². The lowest BCUT2D eigenvalue weighted by Crippen LogP contribution is -2.26. The van der Waals surface area contributed by atoms with Crippen molar-refractivity contribution in [3.8, 4) is 18.1 Å². The molecule has 0 spiro atoms. The Hall–Kier alpha value is -2.48. The average molecular weight is 245 g/mol. The number of carboxylic acids is 1. The number of amides is 1. The number of phenols is 1. The summed E-state index contributed by atoms with van der Waals surface area (Å²) >= 11 is 0. The molecule has 1 aromatic rings. The van der Waals surface area contributed by atoms with Crippen LogP contribution in [0.2, 0.25) is 0 Å². The Kier molecular flexibility index (Phi) is 2.94. The van der Waals surface area contributed by atoms with Crippen LogP contribution < -0.4 is 4.90 Å². The summed E-state index contributed by atoms with van der Waals surface area (Å²) < 4.78 is 0. The molecule has 0 aliphatic carbocycles. The molecular weight excluding hydrogens is 234 g/mol. The van der Waals surface area contributed by atoms with Gasteiger partial charge < -0.3 is 15.1 Å². The largest absolute Gasteiger partial charge is 0.506 e. The Morgan fingerprint density at radius 1 is 1.50 bits per heavy atom. The van der Waals surface area contributed by atoms with E-state index in [1.54, 1.807) is 0 Å². The van der Waals surface area contributed by atoms with E-state index in [1.165, 1.54) is 23.1 Å². The van der Waals surface area contributed by atoms with E-state index in [0.29, 0.717) is 0 Å². The van der Waals surface area contributed by atoms with E-state index in [1.807, 2.05) is 0 Å². The average Bonchev–Trinajstić information content (AvgIpc) is 2.70. The van der Waals surface area contributed by atoms with Gasteiger partial charge in [-0.15, -0.1) is 12.3 Å². The van der Waals surface area contributed by atoms with Gasteiger partial charge in [-0.3, -0.25) is 4.79 Å². The fourth-order valence-corrected chi connectivity index (χ4v) is 2.02. The van der Waals surface area contributed by atoms with Gasteiger partial charge in [0.25, 0.3) is 0 Å². The summed E-state index contributed by atoms with van der Waals surface area (Å²) in [6, 6.07) is 4.10. The van der Waals surface area contributed by atoms with Gasteiger partial charge in [-0.2, -0.15) is 0 Å². The van der Waals surface area contributed by atoms with Crippen LogP contribution in [0.3, 0.4) is 0 Å². The van der Waals surface area contributed by atoms with Gasteiger partial charge in [0, 0.05) is 18.9 Å². The first-order valence-electron chi connectivity index (χ1n) is 5.36. The highest BCUT2D eigenvalue weighted by molar-refractivity contribution is 6.05. The molecule has 1 aliphatic heterocycles. The molecule has 1 fully saturated rings. The van der Waals surface area contributed by atoms with Crippen LogP contribution >= 0.6 is 0 Å². The topological polar surface area (TPSA) is 77.8 Å². The number of anilines is 1. The maximum atomic E-state index is 11.8. The van der Waals surface area contributed by atoms with Gasteiger partial charge >= 0.3 is 5.97 Å². The number of rotatable bonds is 2. The van der Waals surface area contributed by atoms with Crippen LogP contribution in [0.5, 0.6) is 5.75 Å².